The van der Waals surface area contributed by atoms with Crippen LogP contribution in [0.15, 0.2) is 52.5 Å². The summed E-state index contributed by atoms with van der Waals surface area (Å²) in [6, 6.07) is 12.6. The lowest BCUT2D eigenvalue weighted by molar-refractivity contribution is 0.102. The molecule has 0 bridgehead atoms. The van der Waals surface area contributed by atoms with E-state index in [-0.39, 0.29) is 17.2 Å². The molecule has 1 amide bonds. The first-order valence-electron chi connectivity index (χ1n) is 11.3. The highest BCUT2D eigenvalue weighted by atomic mass is 127. The van der Waals surface area contributed by atoms with Gasteiger partial charge in [0.2, 0.25) is 5.16 Å². The summed E-state index contributed by atoms with van der Waals surface area (Å²) in [5.74, 6) is 0.226. The van der Waals surface area contributed by atoms with Crippen molar-refractivity contribution >= 4 is 50.5 Å². The Kier molecular flexibility index (Phi) is 8.81. The Bertz CT molecular complexity index is 1170. The van der Waals surface area contributed by atoms with Crippen LogP contribution in [0, 0.1) is 5.21 Å². The Morgan fingerprint density at radius 3 is 2.63 bits per heavy atom. The summed E-state index contributed by atoms with van der Waals surface area (Å²) in [6.07, 6.45) is 4.95. The van der Waals surface area contributed by atoms with Crippen molar-refractivity contribution in [1.82, 2.24) is 25.1 Å². The molecule has 1 aliphatic carbocycles. The van der Waals surface area contributed by atoms with Gasteiger partial charge in [0.1, 0.15) is 0 Å². The molecule has 1 N–H and O–H groups in total. The number of halogens is 1. The molecule has 2 aromatic carbocycles. The first-order chi connectivity index (χ1) is 16.9. The minimum Gasteiger partial charge on any atom is -0.748 e. The molecule has 0 aliphatic heterocycles. The van der Waals surface area contributed by atoms with E-state index in [0.29, 0.717) is 31.5 Å². The first kappa shape index (κ1) is 25.7. The van der Waals surface area contributed by atoms with Gasteiger partial charge in [0.25, 0.3) is 27.4 Å². The fourth-order valence-electron chi connectivity index (χ4n) is 4.03. The number of aromatic nitrogens is 4. The van der Waals surface area contributed by atoms with E-state index in [1.165, 1.54) is 49.1 Å². The normalized spacial score (nSPS) is 13.9. The summed E-state index contributed by atoms with van der Waals surface area (Å²) in [5.41, 5.74) is 2.42. The van der Waals surface area contributed by atoms with Gasteiger partial charge in [0, 0.05) is 22.8 Å². The molecule has 1 aliphatic rings. The zero-order valence-corrected chi connectivity index (χ0v) is 22.5. The van der Waals surface area contributed by atoms with E-state index >= 15 is 0 Å². The van der Waals surface area contributed by atoms with Gasteiger partial charge in [-0.2, -0.15) is 0 Å². The van der Waals surface area contributed by atoms with Gasteiger partial charge >= 0.3 is 0 Å². The molecule has 0 unspecified atom stereocenters. The lowest BCUT2D eigenvalue weighted by Gasteiger charge is -2.22. The molecule has 1 aromatic heterocycles. The molecule has 0 spiro atoms. The largest absolute Gasteiger partial charge is 0.748 e. The Morgan fingerprint density at radius 1 is 1.20 bits per heavy atom. The number of carbonyl (C=O) groups excluding carboxylic acids is 1. The van der Waals surface area contributed by atoms with E-state index in [4.69, 9.17) is 0 Å². The van der Waals surface area contributed by atoms with Crippen LogP contribution in [0.25, 0.3) is 0 Å². The van der Waals surface area contributed by atoms with Crippen molar-refractivity contribution in [3.63, 3.8) is 0 Å². The second-order valence-electron chi connectivity index (χ2n) is 8.64. The van der Waals surface area contributed by atoms with Crippen molar-refractivity contribution in [3.8, 4) is 0 Å². The number of tetrazole rings is 1. The van der Waals surface area contributed by atoms with Crippen molar-refractivity contribution in [2.75, 3.05) is 29.2 Å². The van der Waals surface area contributed by atoms with Crippen LogP contribution in [0.2, 0.25) is 0 Å². The van der Waals surface area contributed by atoms with E-state index in [1.54, 1.807) is 16.8 Å². The number of benzene rings is 2. The lowest BCUT2D eigenvalue weighted by atomic mass is 9.97. The minimum absolute atomic E-state index is 0.172. The third-order valence-electron chi connectivity index (χ3n) is 5.93. The quantitative estimate of drug-likeness (QED) is 0.196. The van der Waals surface area contributed by atoms with E-state index in [9.17, 15) is 13.1 Å². The Balaban J connectivity index is 1.56. The number of carbonyl (C=O) groups is 1. The molecule has 0 radical (unpaired) electrons. The van der Waals surface area contributed by atoms with E-state index in [2.05, 4.69) is 33.0 Å². The molecule has 1 heterocycles. The highest BCUT2D eigenvalue weighted by Gasteiger charge is 2.19. The van der Waals surface area contributed by atoms with Gasteiger partial charge in [-0.3, -0.25) is 4.79 Å². The molecule has 1 fully saturated rings. The van der Waals surface area contributed by atoms with E-state index in [1.807, 2.05) is 31.1 Å². The number of amides is 1. The van der Waals surface area contributed by atoms with Crippen LogP contribution >= 0.6 is 33.2 Å². The van der Waals surface area contributed by atoms with Gasteiger partial charge in [-0.15, -0.1) is 5.10 Å². The Morgan fingerprint density at radius 2 is 1.94 bits per heavy atom. The maximum Gasteiger partial charge on any atom is 0.262 e. The molecule has 3 aromatic rings. The van der Waals surface area contributed by atoms with Crippen LogP contribution in [0.3, 0.4) is 0 Å². The SMILES string of the molecule is CN(C)CCn1nnnc1Sc1ccc(N([O-])I=O)cc1C(=O)Nc1ccc(C2CCCC2)cc1. The third kappa shape index (κ3) is 6.63. The fourth-order valence-corrected chi connectivity index (χ4v) is 5.47. The van der Waals surface area contributed by atoms with Crippen LogP contribution in [-0.2, 0) is 9.61 Å². The number of hydrogen-bond donors (Lipinski definition) is 1. The van der Waals surface area contributed by atoms with Gasteiger partial charge in [-0.25, -0.2) is 7.75 Å². The summed E-state index contributed by atoms with van der Waals surface area (Å²) >= 11 is -0.701. The number of hydrogen-bond acceptors (Lipinski definition) is 8. The molecule has 1 saturated carbocycles. The predicted octanol–water partition coefficient (Wildman–Crippen LogP) is 4.83. The van der Waals surface area contributed by atoms with Crippen molar-refractivity contribution in [2.24, 2.45) is 0 Å². The molecule has 4 rings (SSSR count). The highest BCUT2D eigenvalue weighted by Crippen LogP contribution is 2.35. The van der Waals surface area contributed by atoms with Crippen LogP contribution in [0.4, 0.5) is 11.4 Å². The van der Waals surface area contributed by atoms with E-state index in [0.717, 1.165) is 6.54 Å². The van der Waals surface area contributed by atoms with Crippen molar-refractivity contribution in [1.29, 1.82) is 0 Å². The van der Waals surface area contributed by atoms with Crippen LogP contribution in [-0.4, -0.2) is 51.7 Å². The average Bonchev–Trinajstić information content (AvgIpc) is 3.55. The lowest BCUT2D eigenvalue weighted by Crippen LogP contribution is -2.19. The molecular formula is C23H27IN7O3S-. The van der Waals surface area contributed by atoms with Gasteiger partial charge in [0.05, 0.1) is 12.1 Å². The summed E-state index contributed by atoms with van der Waals surface area (Å²) in [6.45, 7) is 1.34. The van der Waals surface area contributed by atoms with Gasteiger partial charge in [-0.05, 0) is 90.9 Å². The Labute approximate surface area is 219 Å². The second-order valence-corrected chi connectivity index (χ2v) is 10.9. The summed E-state index contributed by atoms with van der Waals surface area (Å²) in [7, 11) is 3.93. The monoisotopic (exact) mass is 608 g/mol. The first-order valence-corrected chi connectivity index (χ1v) is 14.0. The average molecular weight is 608 g/mol. The summed E-state index contributed by atoms with van der Waals surface area (Å²) in [4.78, 5) is 15.9. The third-order valence-corrected chi connectivity index (χ3v) is 7.89. The standard InChI is InChI=1S/C23H27IN7O3S/c1-29(2)13-14-30-23(26-27-28-30)35-21-12-11-19(31(34)24-33)15-20(21)22(32)25-18-9-7-17(8-10-18)16-5-3-4-6-16/h7-12,15-16H,3-6,13-14H2,1-2H3,(H,25,32)/q-1. The maximum atomic E-state index is 13.3. The highest BCUT2D eigenvalue weighted by molar-refractivity contribution is 14.1. The molecule has 0 saturated heterocycles. The van der Waals surface area contributed by atoms with Crippen LogP contribution in [0.5, 0.6) is 0 Å². The molecule has 0 atom stereocenters. The van der Waals surface area contributed by atoms with Crippen molar-refractivity contribution in [3.05, 3.63) is 58.8 Å². The summed E-state index contributed by atoms with van der Waals surface area (Å²) in [5, 5.41) is 27.4. The number of nitrogens with zero attached hydrogens (tertiary/aromatic N) is 6. The maximum absolute atomic E-state index is 13.3. The van der Waals surface area contributed by atoms with E-state index < -0.39 is 21.5 Å². The molecule has 12 heteroatoms. The molecule has 10 nitrogen and oxygen atoms in total. The van der Waals surface area contributed by atoms with Crippen LogP contribution < -0.4 is 8.59 Å². The number of rotatable bonds is 10. The second kappa shape index (κ2) is 12.0. The fraction of sp³-hybridized carbons (Fsp3) is 0.391. The topological polar surface area (TPSA) is 119 Å². The molecule has 186 valence electrons. The Hall–Kier alpha value is -2.42. The smallest absolute Gasteiger partial charge is 0.262 e. The van der Waals surface area contributed by atoms with Gasteiger partial charge in [0.15, 0.2) is 0 Å². The summed E-state index contributed by atoms with van der Waals surface area (Å²) < 4.78 is 13.3. The zero-order chi connectivity index (χ0) is 24.8. The van der Waals surface area contributed by atoms with Crippen molar-refractivity contribution in [2.45, 2.75) is 48.2 Å². The number of anilines is 2. The van der Waals surface area contributed by atoms with Gasteiger partial charge in [-0.1, -0.05) is 25.0 Å². The minimum atomic E-state index is -1.94. The molecule has 35 heavy (non-hydrogen) atoms. The zero-order valence-electron chi connectivity index (χ0n) is 19.6. The number of nitrogens with one attached hydrogen (secondary N) is 1. The van der Waals surface area contributed by atoms with Crippen LogP contribution in [0.1, 0.15) is 47.5 Å². The number of likely N-dealkylation sites (N-methyl/N-ethyl adjacent to an activating group) is 1. The van der Waals surface area contributed by atoms with Gasteiger partial charge < -0.3 is 18.7 Å². The predicted molar refractivity (Wildman–Crippen MR) is 143 cm³/mol. The van der Waals surface area contributed by atoms with Crippen molar-refractivity contribution < 1.29 is 7.86 Å². The molecular weight excluding hydrogens is 581 g/mol.